The van der Waals surface area contributed by atoms with E-state index in [2.05, 4.69) is 26.5 Å². The lowest BCUT2D eigenvalue weighted by Crippen LogP contribution is -2.10. The first-order chi connectivity index (χ1) is 13.2. The number of anilines is 1. The summed E-state index contributed by atoms with van der Waals surface area (Å²) in [6.45, 7) is 1.59. The molecular weight excluding hydrogens is 445 g/mol. The van der Waals surface area contributed by atoms with Crippen molar-refractivity contribution in [2.24, 2.45) is 5.10 Å². The standard InChI is InChI=1S/C18H16BrF3N2O4/c1-2-27-15-7-11(14(19)8-16(15)28-10-17(25)26)9-23-24-13-5-3-12(4-6-13)18(20,21)22/h3-9,24H,2,10H2,1H3,(H,25,26)/b23-9+. The lowest BCUT2D eigenvalue weighted by molar-refractivity contribution is -0.139. The highest BCUT2D eigenvalue weighted by Gasteiger charge is 2.29. The molecule has 0 radical (unpaired) electrons. The first-order valence-electron chi connectivity index (χ1n) is 7.98. The summed E-state index contributed by atoms with van der Waals surface area (Å²) in [4.78, 5) is 10.7. The van der Waals surface area contributed by atoms with Gasteiger partial charge in [0.15, 0.2) is 18.1 Å². The normalized spacial score (nSPS) is 11.5. The Morgan fingerprint density at radius 1 is 1.21 bits per heavy atom. The highest BCUT2D eigenvalue weighted by molar-refractivity contribution is 9.10. The predicted octanol–water partition coefficient (Wildman–Crippen LogP) is 4.78. The van der Waals surface area contributed by atoms with Crippen molar-refractivity contribution in [2.75, 3.05) is 18.6 Å². The number of hydrazone groups is 1. The summed E-state index contributed by atoms with van der Waals surface area (Å²) in [5.41, 5.74) is 2.86. The van der Waals surface area contributed by atoms with Crippen LogP contribution in [0.15, 0.2) is 46.0 Å². The maximum absolute atomic E-state index is 12.6. The average Bonchev–Trinajstić information content (AvgIpc) is 2.62. The zero-order chi connectivity index (χ0) is 20.7. The van der Waals surface area contributed by atoms with Gasteiger partial charge in [0.25, 0.3) is 0 Å². The van der Waals surface area contributed by atoms with Crippen molar-refractivity contribution in [1.82, 2.24) is 0 Å². The van der Waals surface area contributed by atoms with Gasteiger partial charge in [0.2, 0.25) is 0 Å². The summed E-state index contributed by atoms with van der Waals surface area (Å²) in [5.74, 6) is -0.531. The van der Waals surface area contributed by atoms with E-state index < -0.39 is 24.3 Å². The number of carbonyl (C=O) groups is 1. The molecule has 0 saturated carbocycles. The number of ether oxygens (including phenoxy) is 2. The third-order valence-corrected chi connectivity index (χ3v) is 4.01. The molecule has 0 heterocycles. The Morgan fingerprint density at radius 2 is 1.86 bits per heavy atom. The van der Waals surface area contributed by atoms with Gasteiger partial charge < -0.3 is 14.6 Å². The zero-order valence-electron chi connectivity index (χ0n) is 14.6. The van der Waals surface area contributed by atoms with Crippen LogP contribution in [0.25, 0.3) is 0 Å². The first-order valence-corrected chi connectivity index (χ1v) is 8.77. The number of hydrogen-bond acceptors (Lipinski definition) is 5. The fourth-order valence-electron chi connectivity index (χ4n) is 2.08. The largest absolute Gasteiger partial charge is 0.490 e. The van der Waals surface area contributed by atoms with Crippen LogP contribution in [0.4, 0.5) is 18.9 Å². The van der Waals surface area contributed by atoms with Crippen molar-refractivity contribution in [2.45, 2.75) is 13.1 Å². The number of nitrogens with one attached hydrogen (secondary N) is 1. The minimum atomic E-state index is -4.40. The summed E-state index contributed by atoms with van der Waals surface area (Å²) in [6.07, 6.45) is -2.96. The molecule has 150 valence electrons. The maximum Gasteiger partial charge on any atom is 0.416 e. The molecule has 10 heteroatoms. The van der Waals surface area contributed by atoms with E-state index in [9.17, 15) is 18.0 Å². The predicted molar refractivity (Wildman–Crippen MR) is 101 cm³/mol. The quantitative estimate of drug-likeness (QED) is 0.437. The molecule has 2 rings (SSSR count). The molecule has 0 atom stereocenters. The Labute approximate surface area is 167 Å². The van der Waals surface area contributed by atoms with Gasteiger partial charge in [-0.05, 0) is 59.3 Å². The summed E-state index contributed by atoms with van der Waals surface area (Å²) < 4.78 is 48.9. The second-order valence-electron chi connectivity index (χ2n) is 5.38. The maximum atomic E-state index is 12.6. The molecule has 0 bridgehead atoms. The van der Waals surface area contributed by atoms with Crippen molar-refractivity contribution in [3.8, 4) is 11.5 Å². The van der Waals surface area contributed by atoms with Gasteiger partial charge in [-0.3, -0.25) is 5.43 Å². The van der Waals surface area contributed by atoms with Crippen molar-refractivity contribution in [3.63, 3.8) is 0 Å². The van der Waals surface area contributed by atoms with E-state index in [1.807, 2.05) is 0 Å². The molecule has 0 aromatic heterocycles. The van der Waals surface area contributed by atoms with Gasteiger partial charge in [0, 0.05) is 10.0 Å². The van der Waals surface area contributed by atoms with E-state index in [0.717, 1.165) is 12.1 Å². The smallest absolute Gasteiger partial charge is 0.416 e. The minimum absolute atomic E-state index is 0.254. The van der Waals surface area contributed by atoms with Crippen LogP contribution in [0.2, 0.25) is 0 Å². The number of nitrogens with zero attached hydrogens (tertiary/aromatic N) is 1. The number of hydrogen-bond donors (Lipinski definition) is 2. The van der Waals surface area contributed by atoms with E-state index in [4.69, 9.17) is 14.6 Å². The highest BCUT2D eigenvalue weighted by Crippen LogP contribution is 2.33. The molecule has 0 saturated heterocycles. The van der Waals surface area contributed by atoms with Crippen LogP contribution >= 0.6 is 15.9 Å². The molecule has 0 spiro atoms. The Kier molecular flexibility index (Phi) is 7.27. The lowest BCUT2D eigenvalue weighted by atomic mass is 10.2. The number of carboxylic acids is 1. The van der Waals surface area contributed by atoms with E-state index in [0.29, 0.717) is 28.1 Å². The van der Waals surface area contributed by atoms with Crippen LogP contribution in [0.3, 0.4) is 0 Å². The van der Waals surface area contributed by atoms with Crippen LogP contribution in [-0.2, 0) is 11.0 Å². The zero-order valence-corrected chi connectivity index (χ0v) is 16.2. The molecule has 0 aliphatic rings. The van der Waals surface area contributed by atoms with Crippen molar-refractivity contribution in [1.29, 1.82) is 0 Å². The third-order valence-electron chi connectivity index (χ3n) is 3.32. The number of rotatable bonds is 8. The third kappa shape index (κ3) is 6.15. The average molecular weight is 461 g/mol. The van der Waals surface area contributed by atoms with Crippen LogP contribution in [0.1, 0.15) is 18.1 Å². The second-order valence-corrected chi connectivity index (χ2v) is 6.24. The molecule has 2 aromatic rings. The fraction of sp³-hybridized carbons (Fsp3) is 0.222. The molecule has 0 unspecified atom stereocenters. The van der Waals surface area contributed by atoms with Gasteiger partial charge in [-0.25, -0.2) is 4.79 Å². The molecule has 2 aromatic carbocycles. The Morgan fingerprint density at radius 3 is 2.43 bits per heavy atom. The summed E-state index contributed by atoms with van der Waals surface area (Å²) in [6, 6.07) is 7.59. The van der Waals surface area contributed by atoms with Gasteiger partial charge >= 0.3 is 12.1 Å². The number of halogens is 4. The summed E-state index contributed by atoms with van der Waals surface area (Å²) >= 11 is 3.33. The number of alkyl halides is 3. The summed E-state index contributed by atoms with van der Waals surface area (Å²) in [7, 11) is 0. The number of carboxylic acid groups (broad SMARTS) is 1. The van der Waals surface area contributed by atoms with Crippen LogP contribution in [-0.4, -0.2) is 30.5 Å². The Hall–Kier alpha value is -2.75. The van der Waals surface area contributed by atoms with Crippen molar-refractivity contribution in [3.05, 3.63) is 52.0 Å². The first kappa shape index (κ1) is 21.5. The van der Waals surface area contributed by atoms with Gasteiger partial charge in [-0.15, -0.1) is 0 Å². The van der Waals surface area contributed by atoms with Gasteiger partial charge in [0.05, 0.1) is 24.1 Å². The highest BCUT2D eigenvalue weighted by atomic mass is 79.9. The SMILES string of the molecule is CCOc1cc(/C=N/Nc2ccc(C(F)(F)F)cc2)c(Br)cc1OCC(=O)O. The molecule has 2 N–H and O–H groups in total. The topological polar surface area (TPSA) is 80.1 Å². The summed E-state index contributed by atoms with van der Waals surface area (Å²) in [5, 5.41) is 12.7. The Bertz CT molecular complexity index is 855. The van der Waals surface area contributed by atoms with E-state index in [-0.39, 0.29) is 5.75 Å². The van der Waals surface area contributed by atoms with E-state index >= 15 is 0 Å². The molecular formula is C18H16BrF3N2O4. The van der Waals surface area contributed by atoms with Gasteiger partial charge in [0.1, 0.15) is 0 Å². The van der Waals surface area contributed by atoms with Crippen molar-refractivity contribution < 1.29 is 32.5 Å². The number of benzene rings is 2. The second kappa shape index (κ2) is 9.45. The lowest BCUT2D eigenvalue weighted by Gasteiger charge is -2.12. The molecule has 0 aliphatic carbocycles. The molecule has 28 heavy (non-hydrogen) atoms. The van der Waals surface area contributed by atoms with Crippen molar-refractivity contribution >= 4 is 33.8 Å². The Balaban J connectivity index is 2.13. The molecule has 0 fully saturated rings. The van der Waals surface area contributed by atoms with E-state index in [1.165, 1.54) is 18.3 Å². The molecule has 0 amide bonds. The van der Waals surface area contributed by atoms with Gasteiger partial charge in [-0.2, -0.15) is 18.3 Å². The fourth-order valence-corrected chi connectivity index (χ4v) is 2.51. The monoisotopic (exact) mass is 460 g/mol. The van der Waals surface area contributed by atoms with Crippen LogP contribution in [0.5, 0.6) is 11.5 Å². The van der Waals surface area contributed by atoms with Crippen LogP contribution in [0, 0.1) is 0 Å². The molecule has 6 nitrogen and oxygen atoms in total. The minimum Gasteiger partial charge on any atom is -0.490 e. The van der Waals surface area contributed by atoms with E-state index in [1.54, 1.807) is 19.1 Å². The van der Waals surface area contributed by atoms with Gasteiger partial charge in [-0.1, -0.05) is 0 Å². The number of aliphatic carboxylic acids is 1. The molecule has 0 aliphatic heterocycles. The van der Waals surface area contributed by atoms with Crippen LogP contribution < -0.4 is 14.9 Å².